The fourth-order valence-electron chi connectivity index (χ4n) is 4.41. The van der Waals surface area contributed by atoms with Crippen molar-refractivity contribution in [2.75, 3.05) is 45.3 Å². The van der Waals surface area contributed by atoms with Gasteiger partial charge in [-0.25, -0.2) is 4.68 Å². The zero-order valence-electron chi connectivity index (χ0n) is 20.7. The van der Waals surface area contributed by atoms with E-state index in [9.17, 15) is 10.1 Å². The van der Waals surface area contributed by atoms with Crippen LogP contribution in [-0.4, -0.2) is 70.4 Å². The Balaban J connectivity index is 1.64. The Hall–Kier alpha value is -3.73. The van der Waals surface area contributed by atoms with Gasteiger partial charge in [-0.05, 0) is 61.0 Å². The van der Waals surface area contributed by atoms with Crippen LogP contribution < -0.4 is 14.4 Å². The number of hydrogen-bond acceptors (Lipinski definition) is 9. The minimum atomic E-state index is -0.380. The van der Waals surface area contributed by atoms with Crippen molar-refractivity contribution < 1.29 is 14.4 Å². The molecule has 0 radical (unpaired) electrons. The zero-order chi connectivity index (χ0) is 25.2. The van der Waals surface area contributed by atoms with Gasteiger partial charge in [0.2, 0.25) is 0 Å². The quantitative estimate of drug-likeness (QED) is 0.371. The summed E-state index contributed by atoms with van der Waals surface area (Å²) in [5, 5.41) is 23.7. The normalized spacial score (nSPS) is 15.6. The molecule has 1 atom stereocenters. The summed E-state index contributed by atoms with van der Waals surface area (Å²) in [6.45, 7) is 9.26. The van der Waals surface area contributed by atoms with Gasteiger partial charge in [0.1, 0.15) is 0 Å². The van der Waals surface area contributed by atoms with Gasteiger partial charge in [-0.15, -0.1) is 5.10 Å². The number of piperazine rings is 1. The second kappa shape index (κ2) is 9.87. The number of nitrogens with zero attached hydrogens (tertiary/aromatic N) is 7. The molecule has 11 heteroatoms. The highest BCUT2D eigenvalue weighted by molar-refractivity contribution is 5.51. The molecule has 0 unspecified atom stereocenters. The molecule has 3 aromatic rings. The second-order valence-corrected chi connectivity index (χ2v) is 9.43. The first kappa shape index (κ1) is 24.4. The highest BCUT2D eigenvalue weighted by atomic mass is 16.6. The van der Waals surface area contributed by atoms with E-state index in [0.717, 1.165) is 43.3 Å². The predicted molar refractivity (Wildman–Crippen MR) is 131 cm³/mol. The van der Waals surface area contributed by atoms with Crippen molar-refractivity contribution in [3.63, 3.8) is 0 Å². The molecule has 1 aliphatic heterocycles. The van der Waals surface area contributed by atoms with Crippen molar-refractivity contribution in [2.24, 2.45) is 0 Å². The van der Waals surface area contributed by atoms with E-state index in [4.69, 9.17) is 9.47 Å². The molecule has 1 saturated heterocycles. The van der Waals surface area contributed by atoms with Gasteiger partial charge in [-0.2, -0.15) is 0 Å². The van der Waals surface area contributed by atoms with Crippen LogP contribution in [0.2, 0.25) is 0 Å². The number of anilines is 1. The molecule has 11 nitrogen and oxygen atoms in total. The third kappa shape index (κ3) is 5.04. The molecule has 0 amide bonds. The summed E-state index contributed by atoms with van der Waals surface area (Å²) < 4.78 is 12.9. The highest BCUT2D eigenvalue weighted by Crippen LogP contribution is 2.36. The maximum absolute atomic E-state index is 11.0. The van der Waals surface area contributed by atoms with Gasteiger partial charge in [-0.3, -0.25) is 15.0 Å². The summed E-state index contributed by atoms with van der Waals surface area (Å²) in [4.78, 5) is 15.2. The lowest BCUT2D eigenvalue weighted by Gasteiger charge is -2.40. The van der Waals surface area contributed by atoms with Gasteiger partial charge in [0.25, 0.3) is 5.69 Å². The number of methoxy groups -OCH3 is 2. The van der Waals surface area contributed by atoms with Crippen molar-refractivity contribution in [3.05, 3.63) is 64.0 Å². The number of rotatable bonds is 7. The van der Waals surface area contributed by atoms with Crippen LogP contribution in [0.5, 0.6) is 11.5 Å². The summed E-state index contributed by atoms with van der Waals surface area (Å²) in [7, 11) is 3.24. The fourth-order valence-corrected chi connectivity index (χ4v) is 4.41. The number of nitro groups is 1. The lowest BCUT2D eigenvalue weighted by molar-refractivity contribution is -0.384. The van der Waals surface area contributed by atoms with Crippen molar-refractivity contribution >= 4 is 11.4 Å². The maximum Gasteiger partial charge on any atom is 0.269 e. The Labute approximate surface area is 204 Å². The SMILES string of the molecule is COc1ccc([C@H](c2nnnn2C(C)(C)C)N2CCN(c3ccc([N+](=O)[O-])cc3)CC2)cc1OC. The number of benzene rings is 2. The Morgan fingerprint density at radius 3 is 2.20 bits per heavy atom. The fraction of sp³-hybridized carbons (Fsp3) is 0.458. The van der Waals surface area contributed by atoms with Crippen LogP contribution >= 0.6 is 0 Å². The number of non-ortho nitro benzene ring substituents is 1. The van der Waals surface area contributed by atoms with Gasteiger partial charge >= 0.3 is 0 Å². The molecular formula is C24H31N7O4. The van der Waals surface area contributed by atoms with Crippen molar-refractivity contribution in [1.82, 2.24) is 25.1 Å². The van der Waals surface area contributed by atoms with E-state index in [1.807, 2.05) is 22.9 Å². The Morgan fingerprint density at radius 1 is 0.971 bits per heavy atom. The standard InChI is InChI=1S/C24H31N7O4/c1-24(2,3)30-23(25-26-27-30)22(17-6-11-20(34-4)21(16-17)35-5)29-14-12-28(13-15-29)18-7-9-19(10-8-18)31(32)33/h6-11,16,22H,12-15H2,1-5H3/t22-/m1/s1. The van der Waals surface area contributed by atoms with Gasteiger partial charge in [0, 0.05) is 44.0 Å². The molecule has 0 spiro atoms. The van der Waals surface area contributed by atoms with Gasteiger partial charge in [0.15, 0.2) is 17.3 Å². The van der Waals surface area contributed by atoms with Gasteiger partial charge in [0.05, 0.1) is 30.7 Å². The average molecular weight is 482 g/mol. The third-order valence-corrected chi connectivity index (χ3v) is 6.20. The molecule has 4 rings (SSSR count). The van der Waals surface area contributed by atoms with Crippen molar-refractivity contribution in [3.8, 4) is 11.5 Å². The third-order valence-electron chi connectivity index (χ3n) is 6.20. The Kier molecular flexibility index (Phi) is 6.88. The molecule has 0 aliphatic carbocycles. The van der Waals surface area contributed by atoms with Crippen LogP contribution in [0.4, 0.5) is 11.4 Å². The van der Waals surface area contributed by atoms with Crippen LogP contribution in [0, 0.1) is 10.1 Å². The Morgan fingerprint density at radius 2 is 1.63 bits per heavy atom. The lowest BCUT2D eigenvalue weighted by Crippen LogP contribution is -2.48. The van der Waals surface area contributed by atoms with Crippen LogP contribution in [0.3, 0.4) is 0 Å². The topological polar surface area (TPSA) is 112 Å². The summed E-state index contributed by atoms with van der Waals surface area (Å²) in [6.07, 6.45) is 0. The first-order valence-corrected chi connectivity index (χ1v) is 11.5. The maximum atomic E-state index is 11.0. The van der Waals surface area contributed by atoms with Crippen LogP contribution in [0.1, 0.15) is 38.2 Å². The Bertz CT molecular complexity index is 1170. The zero-order valence-corrected chi connectivity index (χ0v) is 20.7. The molecule has 0 N–H and O–H groups in total. The summed E-state index contributed by atoms with van der Waals surface area (Å²) in [5.74, 6) is 2.07. The molecule has 186 valence electrons. The first-order chi connectivity index (χ1) is 16.7. The highest BCUT2D eigenvalue weighted by Gasteiger charge is 2.34. The average Bonchev–Trinajstić information content (AvgIpc) is 3.35. The minimum Gasteiger partial charge on any atom is -0.493 e. The molecular weight excluding hydrogens is 450 g/mol. The van der Waals surface area contributed by atoms with Crippen molar-refractivity contribution in [2.45, 2.75) is 32.4 Å². The molecule has 1 fully saturated rings. The van der Waals surface area contributed by atoms with E-state index in [2.05, 4.69) is 46.1 Å². The minimum absolute atomic E-state index is 0.0925. The lowest BCUT2D eigenvalue weighted by atomic mass is 10.0. The number of hydrogen-bond donors (Lipinski definition) is 0. The van der Waals surface area contributed by atoms with E-state index >= 15 is 0 Å². The summed E-state index contributed by atoms with van der Waals surface area (Å²) >= 11 is 0. The van der Waals surface area contributed by atoms with Crippen LogP contribution in [0.25, 0.3) is 0 Å². The summed E-state index contributed by atoms with van der Waals surface area (Å²) in [6, 6.07) is 12.4. The summed E-state index contributed by atoms with van der Waals surface area (Å²) in [5.41, 5.74) is 1.77. The van der Waals surface area contributed by atoms with E-state index in [-0.39, 0.29) is 22.2 Å². The number of nitro benzene ring substituents is 1. The molecule has 1 aromatic heterocycles. The number of aromatic nitrogens is 4. The van der Waals surface area contributed by atoms with Gasteiger partial charge in [-0.1, -0.05) is 6.07 Å². The second-order valence-electron chi connectivity index (χ2n) is 9.43. The number of tetrazole rings is 1. The van der Waals surface area contributed by atoms with E-state index in [1.54, 1.807) is 38.5 Å². The van der Waals surface area contributed by atoms with E-state index < -0.39 is 0 Å². The van der Waals surface area contributed by atoms with Crippen molar-refractivity contribution in [1.29, 1.82) is 0 Å². The number of ether oxygens (including phenoxy) is 2. The predicted octanol–water partition coefficient (Wildman–Crippen LogP) is 3.27. The van der Waals surface area contributed by atoms with Crippen LogP contribution in [0.15, 0.2) is 42.5 Å². The molecule has 35 heavy (non-hydrogen) atoms. The smallest absolute Gasteiger partial charge is 0.269 e. The van der Waals surface area contributed by atoms with Gasteiger partial charge < -0.3 is 14.4 Å². The van der Waals surface area contributed by atoms with E-state index in [1.165, 1.54) is 0 Å². The molecule has 1 aliphatic rings. The molecule has 0 bridgehead atoms. The molecule has 2 aromatic carbocycles. The largest absolute Gasteiger partial charge is 0.493 e. The van der Waals surface area contributed by atoms with E-state index in [0.29, 0.717) is 11.5 Å². The molecule has 0 saturated carbocycles. The van der Waals surface area contributed by atoms with Crippen LogP contribution in [-0.2, 0) is 5.54 Å². The first-order valence-electron chi connectivity index (χ1n) is 11.5. The monoisotopic (exact) mass is 481 g/mol. The molecule has 2 heterocycles.